The number of anilines is 3. The number of rotatable bonds is 5. The molecule has 1 aromatic heterocycles. The minimum Gasteiger partial charge on any atom is -0.501 e. The molecule has 30 heavy (non-hydrogen) atoms. The van der Waals surface area contributed by atoms with Crippen LogP contribution in [0.2, 0.25) is 0 Å². The SMILES string of the molecule is COC1=CC(=O)CC(C(=O)Nc2ccc3ncnc(Nc4cccc(Br)c4)c3c2)C1. The lowest BCUT2D eigenvalue weighted by molar-refractivity contribution is -0.125. The Hall–Kier alpha value is -3.26. The number of carbonyl (C=O) groups excluding carboxylic acids is 2. The fourth-order valence-electron chi connectivity index (χ4n) is 3.36. The van der Waals surface area contributed by atoms with Crippen LogP contribution < -0.4 is 10.6 Å². The maximum absolute atomic E-state index is 12.7. The Labute approximate surface area is 181 Å². The summed E-state index contributed by atoms with van der Waals surface area (Å²) in [5, 5.41) is 6.96. The van der Waals surface area contributed by atoms with Crippen LogP contribution in [0.3, 0.4) is 0 Å². The minimum absolute atomic E-state index is 0.106. The van der Waals surface area contributed by atoms with E-state index in [4.69, 9.17) is 4.74 Å². The molecule has 1 aliphatic rings. The van der Waals surface area contributed by atoms with E-state index in [0.29, 0.717) is 23.7 Å². The first kappa shape index (κ1) is 20.0. The monoisotopic (exact) mass is 466 g/mol. The minimum atomic E-state index is -0.459. The van der Waals surface area contributed by atoms with Crippen molar-refractivity contribution in [1.82, 2.24) is 9.97 Å². The molecule has 8 heteroatoms. The van der Waals surface area contributed by atoms with E-state index in [1.54, 1.807) is 6.07 Å². The van der Waals surface area contributed by atoms with Crippen LogP contribution in [0.15, 0.2) is 65.1 Å². The number of ketones is 1. The van der Waals surface area contributed by atoms with Crippen molar-refractivity contribution in [1.29, 1.82) is 0 Å². The summed E-state index contributed by atoms with van der Waals surface area (Å²) in [4.78, 5) is 33.2. The van der Waals surface area contributed by atoms with E-state index in [2.05, 4.69) is 36.5 Å². The lowest BCUT2D eigenvalue weighted by Gasteiger charge is -2.20. The molecule has 2 N–H and O–H groups in total. The lowest BCUT2D eigenvalue weighted by Crippen LogP contribution is -2.28. The molecule has 4 rings (SSSR count). The van der Waals surface area contributed by atoms with Crippen molar-refractivity contribution >= 4 is 55.7 Å². The number of nitrogens with zero attached hydrogens (tertiary/aromatic N) is 2. The van der Waals surface area contributed by atoms with E-state index in [0.717, 1.165) is 21.1 Å². The van der Waals surface area contributed by atoms with Crippen LogP contribution >= 0.6 is 15.9 Å². The molecule has 0 aliphatic heterocycles. The number of nitrogens with one attached hydrogen (secondary N) is 2. The zero-order valence-electron chi connectivity index (χ0n) is 16.2. The number of hydrogen-bond donors (Lipinski definition) is 2. The van der Waals surface area contributed by atoms with Crippen LogP contribution in [-0.4, -0.2) is 28.8 Å². The molecule has 0 bridgehead atoms. The average Bonchev–Trinajstić information content (AvgIpc) is 2.73. The standard InChI is InChI=1S/C22H19BrN4O3/c1-30-18-8-13(7-17(28)11-18)22(29)27-16-5-6-20-19(10-16)21(25-12-24-20)26-15-4-2-3-14(23)9-15/h2-6,9-13H,7-8H2,1H3,(H,27,29)(H,24,25,26). The Bertz CT molecular complexity index is 1160. The van der Waals surface area contributed by atoms with Gasteiger partial charge in [0.15, 0.2) is 5.78 Å². The Morgan fingerprint density at radius 3 is 2.80 bits per heavy atom. The van der Waals surface area contributed by atoms with Crippen molar-refractivity contribution in [2.45, 2.75) is 12.8 Å². The Morgan fingerprint density at radius 2 is 2.00 bits per heavy atom. The number of halogens is 1. The van der Waals surface area contributed by atoms with Gasteiger partial charge in [-0.3, -0.25) is 9.59 Å². The van der Waals surface area contributed by atoms with E-state index in [9.17, 15) is 9.59 Å². The zero-order valence-corrected chi connectivity index (χ0v) is 17.8. The van der Waals surface area contributed by atoms with Gasteiger partial charge in [-0.2, -0.15) is 0 Å². The number of methoxy groups -OCH3 is 1. The van der Waals surface area contributed by atoms with Crippen molar-refractivity contribution in [3.05, 3.63) is 65.1 Å². The van der Waals surface area contributed by atoms with Crippen molar-refractivity contribution in [2.75, 3.05) is 17.7 Å². The molecule has 0 saturated heterocycles. The van der Waals surface area contributed by atoms with Crippen LogP contribution in [0.25, 0.3) is 10.9 Å². The molecule has 0 radical (unpaired) electrons. The van der Waals surface area contributed by atoms with E-state index in [1.165, 1.54) is 19.5 Å². The summed E-state index contributed by atoms with van der Waals surface area (Å²) in [5.74, 6) is 0.374. The molecule has 1 aliphatic carbocycles. The molecule has 7 nitrogen and oxygen atoms in total. The smallest absolute Gasteiger partial charge is 0.228 e. The second kappa shape index (κ2) is 8.62. The highest BCUT2D eigenvalue weighted by Gasteiger charge is 2.27. The van der Waals surface area contributed by atoms with Gasteiger partial charge < -0.3 is 15.4 Å². The first-order valence-electron chi connectivity index (χ1n) is 9.37. The van der Waals surface area contributed by atoms with Crippen LogP contribution in [0, 0.1) is 5.92 Å². The number of aromatic nitrogens is 2. The van der Waals surface area contributed by atoms with Crippen molar-refractivity contribution < 1.29 is 14.3 Å². The molecule has 1 unspecified atom stereocenters. The molecule has 3 aromatic rings. The quantitative estimate of drug-likeness (QED) is 0.571. The normalized spacial score (nSPS) is 16.1. The highest BCUT2D eigenvalue weighted by Crippen LogP contribution is 2.28. The summed E-state index contributed by atoms with van der Waals surface area (Å²) >= 11 is 3.46. The average molecular weight is 467 g/mol. The predicted molar refractivity (Wildman–Crippen MR) is 118 cm³/mol. The van der Waals surface area contributed by atoms with Gasteiger partial charge in [0.05, 0.1) is 24.3 Å². The number of amides is 1. The van der Waals surface area contributed by atoms with E-state index in [1.807, 2.05) is 36.4 Å². The van der Waals surface area contributed by atoms with Gasteiger partial charge in [-0.05, 0) is 36.4 Å². The number of allylic oxidation sites excluding steroid dienone is 2. The zero-order chi connectivity index (χ0) is 21.1. The molecular weight excluding hydrogens is 448 g/mol. The van der Waals surface area contributed by atoms with Gasteiger partial charge in [0.25, 0.3) is 0 Å². The topological polar surface area (TPSA) is 93.2 Å². The van der Waals surface area contributed by atoms with Gasteiger partial charge in [0.2, 0.25) is 5.91 Å². The first-order valence-corrected chi connectivity index (χ1v) is 10.2. The molecule has 152 valence electrons. The van der Waals surface area contributed by atoms with Crippen molar-refractivity contribution in [2.24, 2.45) is 5.92 Å². The summed E-state index contributed by atoms with van der Waals surface area (Å²) in [6.45, 7) is 0. The number of hydrogen-bond acceptors (Lipinski definition) is 6. The first-order chi connectivity index (χ1) is 14.5. The maximum atomic E-state index is 12.7. The van der Waals surface area contributed by atoms with Gasteiger partial charge in [-0.25, -0.2) is 9.97 Å². The van der Waals surface area contributed by atoms with E-state index >= 15 is 0 Å². The molecule has 2 aromatic carbocycles. The molecule has 0 spiro atoms. The highest BCUT2D eigenvalue weighted by atomic mass is 79.9. The highest BCUT2D eigenvalue weighted by molar-refractivity contribution is 9.10. The van der Waals surface area contributed by atoms with E-state index < -0.39 is 5.92 Å². The molecule has 1 atom stereocenters. The summed E-state index contributed by atoms with van der Waals surface area (Å²) in [5.41, 5.74) is 2.23. The van der Waals surface area contributed by atoms with Gasteiger partial charge in [0.1, 0.15) is 12.1 Å². The van der Waals surface area contributed by atoms with Gasteiger partial charge in [-0.1, -0.05) is 22.0 Å². The third-order valence-electron chi connectivity index (χ3n) is 4.84. The second-order valence-corrected chi connectivity index (χ2v) is 7.88. The number of carbonyl (C=O) groups is 2. The molecule has 0 fully saturated rings. The second-order valence-electron chi connectivity index (χ2n) is 6.97. The molecular formula is C22H19BrN4O3. The Morgan fingerprint density at radius 1 is 1.13 bits per heavy atom. The Balaban J connectivity index is 1.57. The van der Waals surface area contributed by atoms with Crippen molar-refractivity contribution in [3.63, 3.8) is 0 Å². The number of fused-ring (bicyclic) bond motifs is 1. The largest absolute Gasteiger partial charge is 0.501 e. The van der Waals surface area contributed by atoms with Crippen LogP contribution in [-0.2, 0) is 14.3 Å². The molecule has 1 amide bonds. The summed E-state index contributed by atoms with van der Waals surface area (Å²) < 4.78 is 6.11. The molecule has 0 saturated carbocycles. The van der Waals surface area contributed by atoms with Gasteiger partial charge >= 0.3 is 0 Å². The van der Waals surface area contributed by atoms with Crippen LogP contribution in [0.5, 0.6) is 0 Å². The molecule has 1 heterocycles. The predicted octanol–water partition coefficient (Wildman–Crippen LogP) is 4.58. The van der Waals surface area contributed by atoms with Crippen LogP contribution in [0.1, 0.15) is 12.8 Å². The summed E-state index contributed by atoms with van der Waals surface area (Å²) in [7, 11) is 1.50. The fourth-order valence-corrected chi connectivity index (χ4v) is 3.76. The third kappa shape index (κ3) is 4.49. The third-order valence-corrected chi connectivity index (χ3v) is 5.33. The van der Waals surface area contributed by atoms with Gasteiger partial charge in [-0.15, -0.1) is 0 Å². The lowest BCUT2D eigenvalue weighted by atomic mass is 9.91. The van der Waals surface area contributed by atoms with Crippen LogP contribution in [0.4, 0.5) is 17.2 Å². The fraction of sp³-hybridized carbons (Fsp3) is 0.182. The number of benzene rings is 2. The van der Waals surface area contributed by atoms with Crippen molar-refractivity contribution in [3.8, 4) is 0 Å². The van der Waals surface area contributed by atoms with Gasteiger partial charge in [0, 0.05) is 40.2 Å². The number of ether oxygens (including phenoxy) is 1. The Kier molecular flexibility index (Phi) is 5.76. The summed E-state index contributed by atoms with van der Waals surface area (Å²) in [6.07, 6.45) is 3.52. The van der Waals surface area contributed by atoms with E-state index in [-0.39, 0.29) is 18.1 Å². The maximum Gasteiger partial charge on any atom is 0.228 e. The summed E-state index contributed by atoms with van der Waals surface area (Å²) in [6, 6.07) is 13.2.